The van der Waals surface area contributed by atoms with E-state index < -0.39 is 9.75 Å². The van der Waals surface area contributed by atoms with Crippen molar-refractivity contribution in [2.45, 2.75) is 16.2 Å². The van der Waals surface area contributed by atoms with Gasteiger partial charge in [0.05, 0.1) is 0 Å². The second kappa shape index (κ2) is 2.39. The molecule has 1 saturated heterocycles. The Morgan fingerprint density at radius 1 is 1.14 bits per heavy atom. The summed E-state index contributed by atoms with van der Waals surface area (Å²) in [6, 6.07) is 0. The first kappa shape index (κ1) is 9.25. The van der Waals surface area contributed by atoms with Crippen molar-refractivity contribution < 1.29 is 9.59 Å². The summed E-state index contributed by atoms with van der Waals surface area (Å²) in [5.74, 6) is -0.142. The molecule has 2 nitrogen and oxygen atoms in total. The fraction of sp³-hybridized carbons (Fsp3) is 0.556. The zero-order valence-corrected chi connectivity index (χ0v) is 9.33. The molecule has 0 aromatic rings. The Labute approximate surface area is 95.0 Å². The summed E-state index contributed by atoms with van der Waals surface area (Å²) in [6.07, 6.45) is 4.55. The average molecular weight is 249 g/mol. The van der Waals surface area contributed by atoms with Crippen molar-refractivity contribution in [2.24, 2.45) is 11.8 Å². The van der Waals surface area contributed by atoms with E-state index in [0.29, 0.717) is 11.8 Å². The van der Waals surface area contributed by atoms with E-state index in [2.05, 4.69) is 0 Å². The first-order valence-electron chi connectivity index (χ1n) is 4.34. The molecule has 0 aromatic carbocycles. The van der Waals surface area contributed by atoms with E-state index >= 15 is 0 Å². The van der Waals surface area contributed by atoms with Crippen LogP contribution in [0.2, 0.25) is 0 Å². The number of halogens is 2. The van der Waals surface area contributed by atoms with Crippen molar-refractivity contribution in [1.82, 2.24) is 0 Å². The van der Waals surface area contributed by atoms with Gasteiger partial charge in [0.2, 0.25) is 10.2 Å². The minimum Gasteiger partial charge on any atom is -0.285 e. The van der Waals surface area contributed by atoms with Crippen molar-refractivity contribution in [1.29, 1.82) is 0 Å². The van der Waals surface area contributed by atoms with Crippen LogP contribution in [0.4, 0.5) is 0 Å². The molecule has 0 radical (unpaired) electrons. The molecule has 3 aliphatic rings. The summed E-state index contributed by atoms with van der Waals surface area (Å²) in [6.45, 7) is 0. The van der Waals surface area contributed by atoms with Gasteiger partial charge >= 0.3 is 0 Å². The van der Waals surface area contributed by atoms with Gasteiger partial charge in [-0.05, 0) is 18.2 Å². The number of fused-ring (bicyclic) bond motifs is 5. The van der Waals surface area contributed by atoms with E-state index in [4.69, 9.17) is 23.2 Å². The number of hydrogen-bond donors (Lipinski definition) is 0. The Morgan fingerprint density at radius 2 is 1.57 bits per heavy atom. The standard InChI is InChI=1S/C9H6Cl2O2S/c10-8-4-1-2-5(3-4)9(8,11)7(13)14-6(8)12/h1-2,4-5H,3H2/t4-,5-,8-,9+/m0/s1. The molecule has 1 aliphatic heterocycles. The van der Waals surface area contributed by atoms with Crippen LogP contribution < -0.4 is 0 Å². The smallest absolute Gasteiger partial charge is 0.220 e. The molecular weight excluding hydrogens is 243 g/mol. The Kier molecular flexibility index (Phi) is 1.58. The van der Waals surface area contributed by atoms with Gasteiger partial charge in [0.15, 0.2) is 0 Å². The van der Waals surface area contributed by atoms with Crippen LogP contribution in [0.5, 0.6) is 0 Å². The Hall–Kier alpha value is 0.01000. The molecule has 0 unspecified atom stereocenters. The predicted octanol–water partition coefficient (Wildman–Crippen LogP) is 1.95. The quantitative estimate of drug-likeness (QED) is 0.486. The van der Waals surface area contributed by atoms with Gasteiger partial charge in [-0.25, -0.2) is 0 Å². The molecular formula is C9H6Cl2O2S. The zero-order valence-electron chi connectivity index (χ0n) is 7.00. The van der Waals surface area contributed by atoms with E-state index in [1.54, 1.807) is 0 Å². The predicted molar refractivity (Wildman–Crippen MR) is 55.5 cm³/mol. The molecule has 1 saturated carbocycles. The van der Waals surface area contributed by atoms with E-state index in [1.807, 2.05) is 12.2 Å². The molecule has 5 heteroatoms. The highest BCUT2D eigenvalue weighted by Gasteiger charge is 2.76. The number of allylic oxidation sites excluding steroid dienone is 2. The van der Waals surface area contributed by atoms with Gasteiger partial charge in [0.25, 0.3) is 0 Å². The molecule has 74 valence electrons. The van der Waals surface area contributed by atoms with Gasteiger partial charge in [-0.2, -0.15) is 0 Å². The first-order chi connectivity index (χ1) is 6.51. The van der Waals surface area contributed by atoms with Crippen LogP contribution in [0.15, 0.2) is 12.2 Å². The largest absolute Gasteiger partial charge is 0.285 e. The first-order valence-corrected chi connectivity index (χ1v) is 5.91. The van der Waals surface area contributed by atoms with E-state index in [1.165, 1.54) is 0 Å². The number of alkyl halides is 2. The van der Waals surface area contributed by atoms with Gasteiger partial charge in [0, 0.05) is 11.8 Å². The minimum absolute atomic E-state index is 0.0712. The lowest BCUT2D eigenvalue weighted by molar-refractivity contribution is -0.117. The van der Waals surface area contributed by atoms with Crippen LogP contribution in [0.3, 0.4) is 0 Å². The second-order valence-corrected chi connectivity index (χ2v) is 6.07. The molecule has 4 atom stereocenters. The van der Waals surface area contributed by atoms with Crippen LogP contribution in [0.1, 0.15) is 6.42 Å². The topological polar surface area (TPSA) is 34.1 Å². The van der Waals surface area contributed by atoms with Crippen LogP contribution in [0, 0.1) is 11.8 Å². The lowest BCUT2D eigenvalue weighted by atomic mass is 9.83. The molecule has 2 aliphatic carbocycles. The van der Waals surface area contributed by atoms with Crippen LogP contribution >= 0.6 is 35.0 Å². The Bertz CT molecular complexity index is 360. The molecule has 1 heterocycles. The maximum absolute atomic E-state index is 11.7. The summed E-state index contributed by atoms with van der Waals surface area (Å²) in [7, 11) is 0. The molecule has 0 aromatic heterocycles. The SMILES string of the molecule is O=C1SC(=O)[C@]2(Cl)[C@H]3C=C[C@@H](C3)[C@]12Cl. The fourth-order valence-electron chi connectivity index (χ4n) is 2.66. The van der Waals surface area contributed by atoms with E-state index in [0.717, 1.165) is 6.42 Å². The summed E-state index contributed by atoms with van der Waals surface area (Å²) >= 11 is 13.2. The van der Waals surface area contributed by atoms with E-state index in [9.17, 15) is 9.59 Å². The monoisotopic (exact) mass is 248 g/mol. The molecule has 14 heavy (non-hydrogen) atoms. The zero-order chi connectivity index (χ0) is 10.1. The second-order valence-electron chi connectivity index (χ2n) is 3.93. The lowest BCUT2D eigenvalue weighted by Crippen LogP contribution is -2.51. The van der Waals surface area contributed by atoms with E-state index in [-0.39, 0.29) is 22.1 Å². The third-order valence-electron chi connectivity index (χ3n) is 3.41. The van der Waals surface area contributed by atoms with Crippen LogP contribution in [-0.4, -0.2) is 20.0 Å². The number of carbonyl (C=O) groups excluding carboxylic acids is 2. The Morgan fingerprint density at radius 3 is 2.00 bits per heavy atom. The highest BCUT2D eigenvalue weighted by Crippen LogP contribution is 2.66. The maximum Gasteiger partial charge on any atom is 0.220 e. The van der Waals surface area contributed by atoms with Gasteiger partial charge < -0.3 is 0 Å². The van der Waals surface area contributed by atoms with Gasteiger partial charge in [-0.3, -0.25) is 9.59 Å². The molecule has 0 spiro atoms. The summed E-state index contributed by atoms with van der Waals surface area (Å²) in [4.78, 5) is 21.0. The van der Waals surface area contributed by atoms with Crippen molar-refractivity contribution in [3.05, 3.63) is 12.2 Å². The third kappa shape index (κ3) is 0.688. The molecule has 0 N–H and O–H groups in total. The minimum atomic E-state index is -1.18. The summed E-state index contributed by atoms with van der Waals surface area (Å²) in [5.41, 5.74) is 0. The highest BCUT2D eigenvalue weighted by molar-refractivity contribution is 8.27. The fourth-order valence-corrected chi connectivity index (χ4v) is 4.87. The summed E-state index contributed by atoms with van der Waals surface area (Å²) < 4.78 is 0. The number of thioether (sulfide) groups is 1. The molecule has 0 amide bonds. The normalized spacial score (nSPS) is 54.4. The number of carbonyl (C=O) groups is 2. The van der Waals surface area contributed by atoms with Crippen molar-refractivity contribution >= 4 is 45.2 Å². The molecule has 2 bridgehead atoms. The molecule has 3 rings (SSSR count). The van der Waals surface area contributed by atoms with Gasteiger partial charge in [-0.15, -0.1) is 23.2 Å². The van der Waals surface area contributed by atoms with Gasteiger partial charge in [-0.1, -0.05) is 12.2 Å². The van der Waals surface area contributed by atoms with Crippen LogP contribution in [-0.2, 0) is 9.59 Å². The molecule has 2 fully saturated rings. The van der Waals surface area contributed by atoms with Crippen molar-refractivity contribution in [3.63, 3.8) is 0 Å². The average Bonchev–Trinajstić information content (AvgIpc) is 2.73. The van der Waals surface area contributed by atoms with Gasteiger partial charge in [0.1, 0.15) is 9.75 Å². The summed E-state index contributed by atoms with van der Waals surface area (Å²) in [5, 5.41) is -0.563. The van der Waals surface area contributed by atoms with Crippen LogP contribution in [0.25, 0.3) is 0 Å². The Balaban J connectivity index is 2.26. The maximum atomic E-state index is 11.7. The van der Waals surface area contributed by atoms with Crippen molar-refractivity contribution in [3.8, 4) is 0 Å². The third-order valence-corrected chi connectivity index (χ3v) is 6.25. The number of rotatable bonds is 0. The lowest BCUT2D eigenvalue weighted by Gasteiger charge is -2.33. The number of hydrogen-bond acceptors (Lipinski definition) is 3. The highest BCUT2D eigenvalue weighted by atomic mass is 35.5. The van der Waals surface area contributed by atoms with Crippen molar-refractivity contribution in [2.75, 3.05) is 0 Å².